The van der Waals surface area contributed by atoms with Crippen molar-refractivity contribution in [3.8, 4) is 28.3 Å². The molecule has 184 valence electrons. The van der Waals surface area contributed by atoms with Crippen molar-refractivity contribution >= 4 is 0 Å². The third-order valence-electron chi connectivity index (χ3n) is 6.78. The molecular weight excluding hydrogens is 651 g/mol. The molecule has 0 amide bonds. The molecule has 2 aromatic heterocycles. The van der Waals surface area contributed by atoms with E-state index in [-0.39, 0.29) is 21.1 Å². The molecule has 0 bridgehead atoms. The van der Waals surface area contributed by atoms with E-state index < -0.39 is 5.41 Å². The molecule has 0 atom stereocenters. The van der Waals surface area contributed by atoms with Crippen LogP contribution in [0, 0.1) is 12.1 Å². The number of fused-ring (bicyclic) bond motifs is 3. The minimum Gasteiger partial charge on any atom is -0.509 e. The summed E-state index contributed by atoms with van der Waals surface area (Å²) in [5, 5.41) is 8.38. The summed E-state index contributed by atoms with van der Waals surface area (Å²) in [7, 11) is 0. The van der Waals surface area contributed by atoms with Gasteiger partial charge in [-0.2, -0.15) is 33.2 Å². The maximum Gasteiger partial charge on any atom is 2.00 e. The molecule has 1 aliphatic carbocycles. The van der Waals surface area contributed by atoms with Crippen LogP contribution in [-0.4, -0.2) is 20.0 Å². The predicted octanol–water partition coefficient (Wildman–Crippen LogP) is 6.42. The topological polar surface area (TPSA) is 52.8 Å². The Labute approximate surface area is 235 Å². The molecule has 5 nitrogen and oxygen atoms in total. The molecule has 6 heteroatoms. The van der Waals surface area contributed by atoms with Gasteiger partial charge in [-0.3, -0.25) is 4.98 Å². The SMILES string of the molecule is [Pt+2].[c-]1c(Oc2[c-]c(C3(c4ccccn4)c4ccccc4-c4ccccc43)ccc2)cccc1-n1nccn1. The van der Waals surface area contributed by atoms with Crippen LogP contribution in [-0.2, 0) is 26.5 Å². The second kappa shape index (κ2) is 9.85. The van der Waals surface area contributed by atoms with Crippen LogP contribution in [0.5, 0.6) is 11.5 Å². The Bertz CT molecular complexity index is 1670. The van der Waals surface area contributed by atoms with Gasteiger partial charge in [-0.05, 0) is 40.1 Å². The zero-order valence-electron chi connectivity index (χ0n) is 20.1. The van der Waals surface area contributed by atoms with Crippen LogP contribution in [0.2, 0.25) is 0 Å². The summed E-state index contributed by atoms with van der Waals surface area (Å²) in [5.41, 5.74) is 6.75. The first-order chi connectivity index (χ1) is 18.3. The fraction of sp³-hybridized carbons (Fsp3) is 0.0312. The average molecular weight is 672 g/mol. The quantitative estimate of drug-likeness (QED) is 0.199. The van der Waals surface area contributed by atoms with Crippen molar-refractivity contribution in [2.75, 3.05) is 0 Å². The summed E-state index contributed by atoms with van der Waals surface area (Å²) >= 11 is 0. The van der Waals surface area contributed by atoms with Gasteiger partial charge in [0.1, 0.15) is 0 Å². The second-order valence-corrected chi connectivity index (χ2v) is 8.81. The molecular formula is C32H20N4OPt. The average Bonchev–Trinajstić information content (AvgIpc) is 3.60. The molecule has 0 fully saturated rings. The van der Waals surface area contributed by atoms with Gasteiger partial charge in [-0.1, -0.05) is 54.6 Å². The minimum absolute atomic E-state index is 0. The van der Waals surface area contributed by atoms with Gasteiger partial charge < -0.3 is 4.74 Å². The molecule has 4 aromatic carbocycles. The third-order valence-corrected chi connectivity index (χ3v) is 6.78. The molecule has 0 aliphatic heterocycles. The summed E-state index contributed by atoms with van der Waals surface area (Å²) in [6.45, 7) is 0. The van der Waals surface area contributed by atoms with Crippen molar-refractivity contribution in [3.05, 3.63) is 156 Å². The van der Waals surface area contributed by atoms with E-state index in [1.54, 1.807) is 12.4 Å². The van der Waals surface area contributed by atoms with Crippen LogP contribution in [0.15, 0.2) is 122 Å². The van der Waals surface area contributed by atoms with E-state index in [0.717, 1.165) is 11.3 Å². The first kappa shape index (κ1) is 24.0. The fourth-order valence-electron chi connectivity index (χ4n) is 5.32. The van der Waals surface area contributed by atoms with Gasteiger partial charge in [0.15, 0.2) is 0 Å². The molecule has 0 unspecified atom stereocenters. The molecule has 2 heterocycles. The third kappa shape index (κ3) is 3.79. The number of hydrogen-bond acceptors (Lipinski definition) is 4. The summed E-state index contributed by atoms with van der Waals surface area (Å²) in [5.74, 6) is 1.15. The van der Waals surface area contributed by atoms with Crippen LogP contribution in [0.3, 0.4) is 0 Å². The Morgan fingerprint density at radius 3 is 1.92 bits per heavy atom. The minimum atomic E-state index is -0.627. The number of rotatable bonds is 5. The Hall–Kier alpha value is -4.34. The summed E-state index contributed by atoms with van der Waals surface area (Å²) in [6.07, 6.45) is 5.12. The number of nitrogens with zero attached hydrogens (tertiary/aromatic N) is 4. The van der Waals surface area contributed by atoms with Crippen molar-refractivity contribution < 1.29 is 25.8 Å². The molecule has 38 heavy (non-hydrogen) atoms. The van der Waals surface area contributed by atoms with E-state index in [1.807, 2.05) is 48.7 Å². The second-order valence-electron chi connectivity index (χ2n) is 8.81. The molecule has 0 saturated carbocycles. The zero-order chi connectivity index (χ0) is 24.7. The summed E-state index contributed by atoms with van der Waals surface area (Å²) in [6, 6.07) is 41.7. The van der Waals surface area contributed by atoms with Crippen LogP contribution in [0.4, 0.5) is 0 Å². The molecule has 0 N–H and O–H groups in total. The number of ether oxygens (including phenoxy) is 1. The molecule has 0 saturated heterocycles. The number of hydrogen-bond donors (Lipinski definition) is 0. The van der Waals surface area contributed by atoms with E-state index in [4.69, 9.17) is 9.72 Å². The number of benzene rings is 4. The molecule has 6 aromatic rings. The summed E-state index contributed by atoms with van der Waals surface area (Å²) in [4.78, 5) is 6.39. The predicted molar refractivity (Wildman–Crippen MR) is 141 cm³/mol. The molecule has 0 spiro atoms. The van der Waals surface area contributed by atoms with Gasteiger partial charge >= 0.3 is 21.1 Å². The normalized spacial score (nSPS) is 12.7. The van der Waals surface area contributed by atoms with Crippen LogP contribution < -0.4 is 4.74 Å². The van der Waals surface area contributed by atoms with Gasteiger partial charge in [0, 0.05) is 17.7 Å². The van der Waals surface area contributed by atoms with E-state index in [0.29, 0.717) is 17.2 Å². The number of pyridine rings is 1. The zero-order valence-corrected chi connectivity index (χ0v) is 22.3. The van der Waals surface area contributed by atoms with Crippen molar-refractivity contribution in [1.82, 2.24) is 20.0 Å². The van der Waals surface area contributed by atoms with Crippen molar-refractivity contribution in [2.45, 2.75) is 5.41 Å². The van der Waals surface area contributed by atoms with Crippen molar-refractivity contribution in [2.24, 2.45) is 0 Å². The van der Waals surface area contributed by atoms with E-state index in [1.165, 1.54) is 27.1 Å². The van der Waals surface area contributed by atoms with Gasteiger partial charge in [-0.25, -0.2) is 0 Å². The molecule has 0 radical (unpaired) electrons. The maximum atomic E-state index is 6.27. The Balaban J connectivity index is 0.00000264. The monoisotopic (exact) mass is 671 g/mol. The first-order valence-electron chi connectivity index (χ1n) is 12.0. The smallest absolute Gasteiger partial charge is 0.509 e. The maximum absolute atomic E-state index is 6.27. The van der Waals surface area contributed by atoms with E-state index >= 15 is 0 Å². The Morgan fingerprint density at radius 1 is 0.605 bits per heavy atom. The van der Waals surface area contributed by atoms with Crippen LogP contribution in [0.1, 0.15) is 22.4 Å². The summed E-state index contributed by atoms with van der Waals surface area (Å²) < 4.78 is 6.27. The van der Waals surface area contributed by atoms with Crippen LogP contribution in [0.25, 0.3) is 16.8 Å². The largest absolute Gasteiger partial charge is 2.00 e. The van der Waals surface area contributed by atoms with Gasteiger partial charge in [0.2, 0.25) is 0 Å². The standard InChI is InChI=1S/C32H20N4O.Pt/c1-3-15-29-27(13-1)28-14-2-4-16-30(28)32(29,31-17-5-6-18-33-31)23-9-7-11-25(21-23)37-26-12-8-10-24(22-26)36-34-19-20-35-36;/h1-20H;/q-2;+2. The first-order valence-corrected chi connectivity index (χ1v) is 12.0. The van der Waals surface area contributed by atoms with Gasteiger partial charge in [0.25, 0.3) is 0 Å². The molecule has 1 aliphatic rings. The number of aromatic nitrogens is 4. The van der Waals surface area contributed by atoms with Gasteiger partial charge in [0.05, 0.1) is 23.5 Å². The Kier molecular flexibility index (Phi) is 6.22. The fourth-order valence-corrected chi connectivity index (χ4v) is 5.32. The van der Waals surface area contributed by atoms with E-state index in [2.05, 4.69) is 83.0 Å². The molecule has 7 rings (SSSR count). The Morgan fingerprint density at radius 2 is 1.24 bits per heavy atom. The van der Waals surface area contributed by atoms with Gasteiger partial charge in [-0.15, -0.1) is 35.9 Å². The van der Waals surface area contributed by atoms with E-state index in [9.17, 15) is 0 Å². The van der Waals surface area contributed by atoms with Crippen molar-refractivity contribution in [1.29, 1.82) is 0 Å². The van der Waals surface area contributed by atoms with Crippen molar-refractivity contribution in [3.63, 3.8) is 0 Å². The van der Waals surface area contributed by atoms with Crippen LogP contribution >= 0.6 is 0 Å².